The molecular weight excluding hydrogens is 430 g/mol. The molecule has 1 fully saturated rings. The van der Waals surface area contributed by atoms with Crippen LogP contribution in [0.4, 0.5) is 5.69 Å². The van der Waals surface area contributed by atoms with Gasteiger partial charge in [0.15, 0.2) is 0 Å². The first kappa shape index (κ1) is 20.5. The third-order valence-corrected chi connectivity index (χ3v) is 7.72. The Morgan fingerprint density at radius 1 is 0.824 bits per heavy atom. The van der Waals surface area contributed by atoms with Gasteiger partial charge in [-0.1, -0.05) is 48.5 Å². The molecule has 1 saturated heterocycles. The molecule has 7 rings (SSSR count). The Bertz CT molecular complexity index is 1360. The molecule has 3 aliphatic carbocycles. The highest BCUT2D eigenvalue weighted by molar-refractivity contribution is 6.25. The van der Waals surface area contributed by atoms with Crippen molar-refractivity contribution in [3.8, 4) is 0 Å². The molecule has 2 atom stereocenters. The lowest BCUT2D eigenvalue weighted by Crippen LogP contribution is -2.57. The number of esters is 1. The smallest absolute Gasteiger partial charge is 0.337 e. The lowest BCUT2D eigenvalue weighted by molar-refractivity contribution is -0.132. The van der Waals surface area contributed by atoms with Crippen molar-refractivity contribution >= 4 is 29.3 Å². The minimum Gasteiger partial charge on any atom is -0.465 e. The molecule has 6 nitrogen and oxygen atoms in total. The van der Waals surface area contributed by atoms with Gasteiger partial charge >= 0.3 is 5.97 Å². The number of imide groups is 1. The van der Waals surface area contributed by atoms with E-state index in [9.17, 15) is 19.2 Å². The number of nitrogens with zero attached hydrogens (tertiary/aromatic N) is 1. The molecule has 0 N–H and O–H groups in total. The second kappa shape index (κ2) is 6.97. The molecule has 1 aliphatic heterocycles. The fourth-order valence-electron chi connectivity index (χ4n) is 6.49. The maximum atomic E-state index is 14.0. The van der Waals surface area contributed by atoms with Gasteiger partial charge in [0.2, 0.25) is 11.8 Å². The van der Waals surface area contributed by atoms with Crippen LogP contribution in [0.25, 0.3) is 0 Å². The SMILES string of the molecule is COC(=O)c1ccc(N2C(=O)[C@H]3C4c5ccccc5C(C(C)=O)(c5ccccc54)[C@H]3C2=O)cc1. The van der Waals surface area contributed by atoms with Crippen LogP contribution in [0.1, 0.15) is 45.5 Å². The second-order valence-electron chi connectivity index (χ2n) is 9.07. The lowest BCUT2D eigenvalue weighted by atomic mass is 9.46. The van der Waals surface area contributed by atoms with Crippen LogP contribution < -0.4 is 4.90 Å². The fourth-order valence-corrected chi connectivity index (χ4v) is 6.49. The van der Waals surface area contributed by atoms with Crippen LogP contribution in [-0.4, -0.2) is 30.7 Å². The van der Waals surface area contributed by atoms with E-state index in [0.29, 0.717) is 11.3 Å². The van der Waals surface area contributed by atoms with Gasteiger partial charge in [-0.3, -0.25) is 14.4 Å². The van der Waals surface area contributed by atoms with Crippen LogP contribution >= 0.6 is 0 Å². The molecule has 3 aromatic rings. The van der Waals surface area contributed by atoms with Gasteiger partial charge in [-0.2, -0.15) is 0 Å². The summed E-state index contributed by atoms with van der Waals surface area (Å²) in [6, 6.07) is 21.6. The Labute approximate surface area is 196 Å². The molecule has 2 amide bonds. The molecule has 2 bridgehead atoms. The number of benzene rings is 3. The normalized spacial score (nSPS) is 26.1. The van der Waals surface area contributed by atoms with E-state index in [1.54, 1.807) is 12.1 Å². The van der Waals surface area contributed by atoms with E-state index in [1.807, 2.05) is 48.5 Å². The quantitative estimate of drug-likeness (QED) is 0.449. The summed E-state index contributed by atoms with van der Waals surface area (Å²) in [4.78, 5) is 54.5. The van der Waals surface area contributed by atoms with Gasteiger partial charge in [-0.15, -0.1) is 0 Å². The van der Waals surface area contributed by atoms with Crippen molar-refractivity contribution in [3.05, 3.63) is 101 Å². The average Bonchev–Trinajstić information content (AvgIpc) is 3.14. The summed E-state index contributed by atoms with van der Waals surface area (Å²) in [5.41, 5.74) is 2.97. The molecule has 3 aromatic carbocycles. The van der Waals surface area contributed by atoms with Gasteiger partial charge in [-0.25, -0.2) is 9.69 Å². The number of carbonyl (C=O) groups is 4. The molecule has 0 saturated carbocycles. The molecule has 0 spiro atoms. The number of methoxy groups -OCH3 is 1. The van der Waals surface area contributed by atoms with E-state index in [4.69, 9.17) is 4.74 Å². The highest BCUT2D eigenvalue weighted by Crippen LogP contribution is 2.64. The number of anilines is 1. The van der Waals surface area contributed by atoms with Crippen LogP contribution in [0.15, 0.2) is 72.8 Å². The molecule has 0 radical (unpaired) electrons. The number of hydrogen-bond donors (Lipinski definition) is 0. The van der Waals surface area contributed by atoms with E-state index in [1.165, 1.54) is 31.1 Å². The van der Waals surface area contributed by atoms with Crippen molar-refractivity contribution in [1.29, 1.82) is 0 Å². The number of carbonyl (C=O) groups excluding carboxylic acids is 4. The van der Waals surface area contributed by atoms with Crippen molar-refractivity contribution < 1.29 is 23.9 Å². The zero-order chi connectivity index (χ0) is 23.8. The largest absolute Gasteiger partial charge is 0.465 e. The second-order valence-corrected chi connectivity index (χ2v) is 9.07. The zero-order valence-corrected chi connectivity index (χ0v) is 18.6. The highest BCUT2D eigenvalue weighted by Gasteiger charge is 2.69. The van der Waals surface area contributed by atoms with Crippen LogP contribution in [-0.2, 0) is 24.5 Å². The molecule has 34 heavy (non-hydrogen) atoms. The van der Waals surface area contributed by atoms with E-state index in [-0.39, 0.29) is 23.5 Å². The van der Waals surface area contributed by atoms with Crippen LogP contribution in [0.3, 0.4) is 0 Å². The Morgan fingerprint density at radius 2 is 1.38 bits per heavy atom. The standard InChI is InChI=1S/C28H21NO5/c1-15(30)28-20-9-5-3-7-18(20)22(19-8-4-6-10-21(19)28)23-24(28)26(32)29(25(23)31)17-13-11-16(12-14-17)27(33)34-2/h3-14,22-24H,1-2H3/t22?,23-,24+,28?/m0/s1. The molecule has 6 heteroatoms. The van der Waals surface area contributed by atoms with E-state index in [0.717, 1.165) is 22.3 Å². The van der Waals surface area contributed by atoms with Gasteiger partial charge in [0, 0.05) is 5.92 Å². The predicted molar refractivity (Wildman–Crippen MR) is 123 cm³/mol. The van der Waals surface area contributed by atoms with Crippen molar-refractivity contribution in [2.75, 3.05) is 12.0 Å². The minimum absolute atomic E-state index is 0.149. The number of ketones is 1. The summed E-state index contributed by atoms with van der Waals surface area (Å²) in [6.45, 7) is 1.52. The topological polar surface area (TPSA) is 80.8 Å². The molecule has 4 aliphatic rings. The monoisotopic (exact) mass is 451 g/mol. The van der Waals surface area contributed by atoms with E-state index >= 15 is 0 Å². The third kappa shape index (κ3) is 2.30. The molecular formula is C28H21NO5. The highest BCUT2D eigenvalue weighted by atomic mass is 16.5. The average molecular weight is 451 g/mol. The van der Waals surface area contributed by atoms with E-state index in [2.05, 4.69) is 0 Å². The maximum Gasteiger partial charge on any atom is 0.337 e. The molecule has 1 heterocycles. The minimum atomic E-state index is -1.22. The van der Waals surface area contributed by atoms with Crippen molar-refractivity contribution in [3.63, 3.8) is 0 Å². The first-order valence-corrected chi connectivity index (χ1v) is 11.2. The Morgan fingerprint density at radius 3 is 1.91 bits per heavy atom. The molecule has 0 unspecified atom stereocenters. The van der Waals surface area contributed by atoms with Crippen molar-refractivity contribution in [1.82, 2.24) is 0 Å². The third-order valence-electron chi connectivity index (χ3n) is 7.72. The number of amides is 2. The van der Waals surface area contributed by atoms with Gasteiger partial charge in [0.25, 0.3) is 0 Å². The van der Waals surface area contributed by atoms with Crippen LogP contribution in [0.5, 0.6) is 0 Å². The first-order valence-electron chi connectivity index (χ1n) is 11.2. The first-order chi connectivity index (χ1) is 16.4. The van der Waals surface area contributed by atoms with Gasteiger partial charge in [0.1, 0.15) is 5.78 Å². The Kier molecular flexibility index (Phi) is 4.21. The fraction of sp³-hybridized carbons (Fsp3) is 0.214. The lowest BCUT2D eigenvalue weighted by Gasteiger charge is -2.52. The summed E-state index contributed by atoms with van der Waals surface area (Å²) in [5, 5.41) is 0. The van der Waals surface area contributed by atoms with Gasteiger partial charge in [0.05, 0.1) is 35.6 Å². The Balaban J connectivity index is 1.57. The van der Waals surface area contributed by atoms with Crippen LogP contribution in [0, 0.1) is 11.8 Å². The number of Topliss-reactive ketones (excluding diaryl/α,β-unsaturated/α-hetero) is 1. The summed E-state index contributed by atoms with van der Waals surface area (Å²) in [6.07, 6.45) is 0. The number of ether oxygens (including phenoxy) is 1. The number of rotatable bonds is 3. The number of hydrogen-bond acceptors (Lipinski definition) is 5. The summed E-state index contributed by atoms with van der Waals surface area (Å²) >= 11 is 0. The van der Waals surface area contributed by atoms with E-state index < -0.39 is 23.2 Å². The molecule has 0 aromatic heterocycles. The summed E-state index contributed by atoms with van der Waals surface area (Å²) < 4.78 is 4.74. The van der Waals surface area contributed by atoms with Crippen LogP contribution in [0.2, 0.25) is 0 Å². The predicted octanol–water partition coefficient (Wildman–Crippen LogP) is 3.61. The Hall–Kier alpha value is -4.06. The summed E-state index contributed by atoms with van der Waals surface area (Å²) in [7, 11) is 1.29. The molecule has 168 valence electrons. The van der Waals surface area contributed by atoms with Gasteiger partial charge in [-0.05, 0) is 53.4 Å². The summed E-state index contributed by atoms with van der Waals surface area (Å²) in [5.74, 6) is -3.17. The van der Waals surface area contributed by atoms with Gasteiger partial charge < -0.3 is 4.74 Å². The maximum absolute atomic E-state index is 14.0. The van der Waals surface area contributed by atoms with Crippen molar-refractivity contribution in [2.45, 2.75) is 18.3 Å². The zero-order valence-electron chi connectivity index (χ0n) is 18.6. The van der Waals surface area contributed by atoms with Crippen molar-refractivity contribution in [2.24, 2.45) is 11.8 Å².